The summed E-state index contributed by atoms with van der Waals surface area (Å²) in [7, 11) is 0. The fraction of sp³-hybridized carbons (Fsp3) is 0.158. The summed E-state index contributed by atoms with van der Waals surface area (Å²) in [5.74, 6) is 0. The number of nitrogens with zero attached hydrogens (tertiary/aromatic N) is 2. The summed E-state index contributed by atoms with van der Waals surface area (Å²) in [6.45, 7) is 2.09. The topological polar surface area (TPSA) is 28.2 Å². The second kappa shape index (κ2) is 6.86. The molecule has 25 heavy (non-hydrogen) atoms. The van der Waals surface area contributed by atoms with Crippen LogP contribution in [-0.2, 0) is 0 Å². The smallest absolute Gasteiger partial charge is 0.174 e. The third-order valence-corrected chi connectivity index (χ3v) is 6.50. The van der Waals surface area contributed by atoms with Crippen molar-refractivity contribution in [2.45, 2.75) is 19.0 Å². The minimum absolute atomic E-state index is 0.0244. The van der Waals surface area contributed by atoms with Gasteiger partial charge in [0.15, 0.2) is 5.11 Å². The average molecular weight is 430 g/mol. The fourth-order valence-corrected chi connectivity index (χ4v) is 4.61. The van der Waals surface area contributed by atoms with Crippen molar-refractivity contribution in [3.8, 4) is 0 Å². The molecule has 0 radical (unpaired) electrons. The van der Waals surface area contributed by atoms with E-state index in [-0.39, 0.29) is 12.1 Å². The van der Waals surface area contributed by atoms with E-state index in [0.29, 0.717) is 0 Å². The standard InChI is InChI=1S/C19H16BrN3S2/c1-12-11-13(7-8-14(12)20)23-18(16-6-4-10-25-16)17(22-19(23)24)15-5-2-3-9-21-15/h2-11,17-18H,1H3,(H,22,24)/t17-,18-/m0/s1. The van der Waals surface area contributed by atoms with Gasteiger partial charge in [0.05, 0.1) is 17.8 Å². The lowest BCUT2D eigenvalue weighted by atomic mass is 10.0. The highest BCUT2D eigenvalue weighted by molar-refractivity contribution is 9.10. The van der Waals surface area contributed by atoms with Crippen LogP contribution < -0.4 is 10.2 Å². The number of rotatable bonds is 3. The third-order valence-electron chi connectivity index (χ3n) is 4.35. The van der Waals surface area contributed by atoms with Gasteiger partial charge in [0.25, 0.3) is 0 Å². The Labute approximate surface area is 164 Å². The molecule has 0 unspecified atom stereocenters. The summed E-state index contributed by atoms with van der Waals surface area (Å²) in [5.41, 5.74) is 3.28. The van der Waals surface area contributed by atoms with Crippen LogP contribution in [0, 0.1) is 6.92 Å². The highest BCUT2D eigenvalue weighted by Gasteiger charge is 2.41. The molecule has 1 N–H and O–H groups in total. The van der Waals surface area contributed by atoms with Gasteiger partial charge in [0, 0.05) is 21.2 Å². The van der Waals surface area contributed by atoms with Crippen molar-refractivity contribution in [1.82, 2.24) is 10.3 Å². The van der Waals surface area contributed by atoms with Crippen molar-refractivity contribution in [1.29, 1.82) is 0 Å². The Morgan fingerprint density at radius 1 is 1.20 bits per heavy atom. The molecule has 0 aliphatic carbocycles. The summed E-state index contributed by atoms with van der Waals surface area (Å²) in [6, 6.07) is 16.7. The van der Waals surface area contributed by atoms with Gasteiger partial charge in [-0.3, -0.25) is 4.98 Å². The molecule has 126 valence electrons. The number of aromatic nitrogens is 1. The number of pyridine rings is 1. The summed E-state index contributed by atoms with van der Waals surface area (Å²) in [4.78, 5) is 8.04. The van der Waals surface area contributed by atoms with Crippen LogP contribution >= 0.6 is 39.5 Å². The lowest BCUT2D eigenvalue weighted by molar-refractivity contribution is 0.575. The number of thiocarbonyl (C=S) groups is 1. The van der Waals surface area contributed by atoms with Crippen molar-refractivity contribution < 1.29 is 0 Å². The van der Waals surface area contributed by atoms with E-state index in [4.69, 9.17) is 12.2 Å². The molecule has 6 heteroatoms. The van der Waals surface area contributed by atoms with Crippen LogP contribution in [-0.4, -0.2) is 10.1 Å². The Kier molecular flexibility index (Phi) is 4.58. The van der Waals surface area contributed by atoms with Gasteiger partial charge in [-0.2, -0.15) is 0 Å². The monoisotopic (exact) mass is 429 g/mol. The summed E-state index contributed by atoms with van der Waals surface area (Å²) in [6.07, 6.45) is 1.83. The molecular weight excluding hydrogens is 414 g/mol. The number of anilines is 1. The number of hydrogen-bond acceptors (Lipinski definition) is 3. The van der Waals surface area contributed by atoms with E-state index in [1.54, 1.807) is 11.3 Å². The van der Waals surface area contributed by atoms with E-state index in [1.165, 1.54) is 10.4 Å². The van der Waals surface area contributed by atoms with Crippen molar-refractivity contribution in [3.05, 3.63) is 80.7 Å². The van der Waals surface area contributed by atoms with E-state index >= 15 is 0 Å². The molecule has 1 saturated heterocycles. The summed E-state index contributed by atoms with van der Waals surface area (Å²) < 4.78 is 1.10. The molecule has 4 rings (SSSR count). The first kappa shape index (κ1) is 16.7. The molecule has 1 aromatic carbocycles. The Bertz CT molecular complexity index is 896. The van der Waals surface area contributed by atoms with Crippen LogP contribution in [0.2, 0.25) is 0 Å². The Balaban J connectivity index is 1.82. The molecule has 2 atom stereocenters. The Morgan fingerprint density at radius 3 is 2.76 bits per heavy atom. The third kappa shape index (κ3) is 3.10. The van der Waals surface area contributed by atoms with Gasteiger partial charge in [-0.15, -0.1) is 11.3 Å². The van der Waals surface area contributed by atoms with Gasteiger partial charge in [-0.25, -0.2) is 0 Å². The largest absolute Gasteiger partial charge is 0.351 e. The Morgan fingerprint density at radius 2 is 2.08 bits per heavy atom. The zero-order chi connectivity index (χ0) is 17.4. The maximum Gasteiger partial charge on any atom is 0.174 e. The molecule has 1 aliphatic heterocycles. The second-order valence-electron chi connectivity index (χ2n) is 5.95. The van der Waals surface area contributed by atoms with Crippen LogP contribution in [0.3, 0.4) is 0 Å². The van der Waals surface area contributed by atoms with E-state index in [1.807, 2.05) is 18.3 Å². The van der Waals surface area contributed by atoms with Crippen molar-refractivity contribution in [2.75, 3.05) is 4.90 Å². The lowest BCUT2D eigenvalue weighted by Crippen LogP contribution is -2.29. The number of thiophene rings is 1. The van der Waals surface area contributed by atoms with Gasteiger partial charge in [0.1, 0.15) is 0 Å². The van der Waals surface area contributed by atoms with Gasteiger partial charge in [0.2, 0.25) is 0 Å². The van der Waals surface area contributed by atoms with Crippen LogP contribution in [0.5, 0.6) is 0 Å². The Hall–Kier alpha value is -1.76. The molecule has 0 saturated carbocycles. The van der Waals surface area contributed by atoms with Gasteiger partial charge < -0.3 is 10.2 Å². The molecule has 1 fully saturated rings. The number of halogens is 1. The molecule has 0 bridgehead atoms. The summed E-state index contributed by atoms with van der Waals surface area (Å²) in [5, 5.41) is 6.32. The van der Waals surface area contributed by atoms with Crippen LogP contribution in [0.25, 0.3) is 0 Å². The first-order valence-electron chi connectivity index (χ1n) is 7.95. The number of hydrogen-bond donors (Lipinski definition) is 1. The predicted octanol–water partition coefficient (Wildman–Crippen LogP) is 5.39. The molecule has 3 nitrogen and oxygen atoms in total. The van der Waals surface area contributed by atoms with Gasteiger partial charge in [-0.1, -0.05) is 28.1 Å². The molecule has 0 spiro atoms. The van der Waals surface area contributed by atoms with Crippen molar-refractivity contribution in [3.63, 3.8) is 0 Å². The van der Waals surface area contributed by atoms with E-state index < -0.39 is 0 Å². The van der Waals surface area contributed by atoms with E-state index in [9.17, 15) is 0 Å². The number of benzene rings is 1. The maximum atomic E-state index is 5.71. The first-order valence-corrected chi connectivity index (χ1v) is 10.0. The highest BCUT2D eigenvalue weighted by atomic mass is 79.9. The number of aryl methyl sites for hydroxylation is 1. The minimum Gasteiger partial charge on any atom is -0.351 e. The maximum absolute atomic E-state index is 5.71. The molecule has 3 aromatic rings. The molecular formula is C19H16BrN3S2. The van der Waals surface area contributed by atoms with Crippen LogP contribution in [0.4, 0.5) is 5.69 Å². The van der Waals surface area contributed by atoms with Gasteiger partial charge in [-0.05, 0) is 66.5 Å². The van der Waals surface area contributed by atoms with Crippen molar-refractivity contribution >= 4 is 50.3 Å². The molecule has 0 amide bonds. The molecule has 2 aromatic heterocycles. The van der Waals surface area contributed by atoms with Crippen LogP contribution in [0.15, 0.2) is 64.6 Å². The zero-order valence-electron chi connectivity index (χ0n) is 13.5. The average Bonchev–Trinajstić information content (AvgIpc) is 3.25. The highest BCUT2D eigenvalue weighted by Crippen LogP contribution is 2.43. The second-order valence-corrected chi connectivity index (χ2v) is 8.17. The molecule has 1 aliphatic rings. The van der Waals surface area contributed by atoms with Crippen molar-refractivity contribution in [2.24, 2.45) is 0 Å². The predicted molar refractivity (Wildman–Crippen MR) is 111 cm³/mol. The minimum atomic E-state index is 0.0244. The SMILES string of the molecule is Cc1cc(N2C(=S)N[C@@H](c3ccccn3)[C@@H]2c2cccs2)ccc1Br. The van der Waals surface area contributed by atoms with E-state index in [2.05, 4.69) is 79.8 Å². The van der Waals surface area contributed by atoms with Crippen LogP contribution in [0.1, 0.15) is 28.2 Å². The quantitative estimate of drug-likeness (QED) is 0.564. The van der Waals surface area contributed by atoms with E-state index in [0.717, 1.165) is 21.0 Å². The number of nitrogens with one attached hydrogen (secondary N) is 1. The zero-order valence-corrected chi connectivity index (χ0v) is 16.7. The first-order chi connectivity index (χ1) is 12.1. The van der Waals surface area contributed by atoms with Gasteiger partial charge >= 0.3 is 0 Å². The lowest BCUT2D eigenvalue weighted by Gasteiger charge is -2.27. The molecule has 3 heterocycles. The normalized spacial score (nSPS) is 19.9. The fourth-order valence-electron chi connectivity index (χ4n) is 3.16. The summed E-state index contributed by atoms with van der Waals surface area (Å²) >= 11 is 11.0.